The molecule has 6 heteroatoms. The number of hydrogen-bond donors (Lipinski definition) is 0. The van der Waals surface area contributed by atoms with E-state index in [0.29, 0.717) is 19.1 Å². The molecular weight excluding hydrogens is 352 g/mol. The van der Waals surface area contributed by atoms with Gasteiger partial charge in [0.1, 0.15) is 0 Å². The van der Waals surface area contributed by atoms with Crippen molar-refractivity contribution < 1.29 is 9.59 Å². The summed E-state index contributed by atoms with van der Waals surface area (Å²) in [5, 5.41) is 0. The first-order valence-corrected chi connectivity index (χ1v) is 11.3. The van der Waals surface area contributed by atoms with Gasteiger partial charge in [-0.2, -0.15) is 0 Å². The average Bonchev–Trinajstić information content (AvgIpc) is 2.71. The van der Waals surface area contributed by atoms with Crippen LogP contribution in [-0.4, -0.2) is 89.8 Å². The fraction of sp³-hybridized carbons (Fsp3) is 0.818. The van der Waals surface area contributed by atoms with Gasteiger partial charge in [0.15, 0.2) is 0 Å². The molecule has 2 aliphatic heterocycles. The van der Waals surface area contributed by atoms with Gasteiger partial charge in [-0.25, -0.2) is 0 Å². The molecule has 0 saturated carbocycles. The van der Waals surface area contributed by atoms with Gasteiger partial charge in [0.2, 0.25) is 11.8 Å². The highest BCUT2D eigenvalue weighted by molar-refractivity contribution is 5.80. The summed E-state index contributed by atoms with van der Waals surface area (Å²) in [5.41, 5.74) is 1.22. The summed E-state index contributed by atoms with van der Waals surface area (Å²) in [6.07, 6.45) is 10.3. The third-order valence-electron chi connectivity index (χ3n) is 6.54. The predicted molar refractivity (Wildman–Crippen MR) is 112 cm³/mol. The van der Waals surface area contributed by atoms with Gasteiger partial charge in [-0.3, -0.25) is 19.4 Å². The Bertz CT molecular complexity index is 569. The van der Waals surface area contributed by atoms with Gasteiger partial charge in [-0.05, 0) is 58.8 Å². The average molecular weight is 391 g/mol. The van der Waals surface area contributed by atoms with Gasteiger partial charge in [-0.1, -0.05) is 6.08 Å². The molecule has 2 fully saturated rings. The third kappa shape index (κ3) is 5.57. The van der Waals surface area contributed by atoms with Crippen LogP contribution in [0, 0.1) is 0 Å². The van der Waals surface area contributed by atoms with E-state index in [9.17, 15) is 9.59 Å². The third-order valence-corrected chi connectivity index (χ3v) is 6.54. The summed E-state index contributed by atoms with van der Waals surface area (Å²) >= 11 is 0. The van der Waals surface area contributed by atoms with Gasteiger partial charge in [0.25, 0.3) is 0 Å². The van der Waals surface area contributed by atoms with E-state index in [2.05, 4.69) is 34.6 Å². The maximum Gasteiger partial charge on any atom is 0.240 e. The van der Waals surface area contributed by atoms with Crippen LogP contribution in [0.25, 0.3) is 0 Å². The number of carbonyl (C=O) groups excluding carboxylic acids is 2. The number of amides is 2. The standard InChI is InChI=1S/C22H38N4O2/c1-3-25(20-10-5-4-6-11-20)21(27)17-23-13-15-24(16-14-23)18-22(28)26-12-8-7-9-19(26)2/h10,19H,3-9,11-18H2,1-2H3. The monoisotopic (exact) mass is 390 g/mol. The molecule has 1 unspecified atom stereocenters. The van der Waals surface area contributed by atoms with E-state index >= 15 is 0 Å². The molecule has 0 aromatic rings. The van der Waals surface area contributed by atoms with Gasteiger partial charge >= 0.3 is 0 Å². The number of allylic oxidation sites excluding steroid dienone is 2. The van der Waals surface area contributed by atoms with Crippen molar-refractivity contribution in [3.05, 3.63) is 11.8 Å². The molecule has 0 aromatic carbocycles. The number of likely N-dealkylation sites (tertiary alicyclic amines) is 1. The molecule has 2 heterocycles. The summed E-state index contributed by atoms with van der Waals surface area (Å²) in [5.74, 6) is 0.500. The van der Waals surface area contributed by atoms with E-state index < -0.39 is 0 Å². The maximum absolute atomic E-state index is 12.8. The SMILES string of the molecule is CCN(C(=O)CN1CCN(CC(=O)N2CCCCC2C)CC1)C1=CCCCC1. The van der Waals surface area contributed by atoms with Crippen LogP contribution in [0.4, 0.5) is 0 Å². The fourth-order valence-electron chi connectivity index (χ4n) is 4.74. The van der Waals surface area contributed by atoms with Crippen molar-refractivity contribution in [3.63, 3.8) is 0 Å². The Morgan fingerprint density at radius 3 is 2.32 bits per heavy atom. The summed E-state index contributed by atoms with van der Waals surface area (Å²) in [6.45, 7) is 10.4. The highest BCUT2D eigenvalue weighted by Gasteiger charge is 2.27. The maximum atomic E-state index is 12.8. The van der Waals surface area contributed by atoms with Crippen LogP contribution in [0.3, 0.4) is 0 Å². The smallest absolute Gasteiger partial charge is 0.240 e. The van der Waals surface area contributed by atoms with Crippen LogP contribution in [0.5, 0.6) is 0 Å². The molecule has 158 valence electrons. The molecule has 6 nitrogen and oxygen atoms in total. The van der Waals surface area contributed by atoms with Crippen molar-refractivity contribution >= 4 is 11.8 Å². The number of rotatable bonds is 6. The number of nitrogens with zero attached hydrogens (tertiary/aromatic N) is 4. The molecule has 0 spiro atoms. The number of carbonyl (C=O) groups is 2. The molecule has 0 N–H and O–H groups in total. The molecule has 2 saturated heterocycles. The molecule has 0 radical (unpaired) electrons. The molecule has 28 heavy (non-hydrogen) atoms. The predicted octanol–water partition coefficient (Wildman–Crippen LogP) is 2.31. The lowest BCUT2D eigenvalue weighted by Gasteiger charge is -2.38. The van der Waals surface area contributed by atoms with Gasteiger partial charge in [-0.15, -0.1) is 0 Å². The van der Waals surface area contributed by atoms with Gasteiger partial charge in [0.05, 0.1) is 13.1 Å². The van der Waals surface area contributed by atoms with Crippen LogP contribution in [-0.2, 0) is 9.59 Å². The van der Waals surface area contributed by atoms with Crippen LogP contribution in [0.1, 0.15) is 58.8 Å². The lowest BCUT2D eigenvalue weighted by atomic mass is 10.0. The van der Waals surface area contributed by atoms with E-state index in [-0.39, 0.29) is 11.8 Å². The molecule has 1 aliphatic carbocycles. The first kappa shape index (κ1) is 21.3. The van der Waals surface area contributed by atoms with Crippen LogP contribution in [0.15, 0.2) is 11.8 Å². The number of piperidine rings is 1. The molecule has 3 rings (SSSR count). The zero-order valence-electron chi connectivity index (χ0n) is 17.9. The Morgan fingerprint density at radius 2 is 1.71 bits per heavy atom. The zero-order valence-corrected chi connectivity index (χ0v) is 17.9. The van der Waals surface area contributed by atoms with E-state index in [0.717, 1.165) is 65.0 Å². The van der Waals surface area contributed by atoms with Crippen molar-refractivity contribution in [2.24, 2.45) is 0 Å². The molecule has 0 bridgehead atoms. The lowest BCUT2D eigenvalue weighted by Crippen LogP contribution is -2.53. The van der Waals surface area contributed by atoms with Crippen LogP contribution in [0.2, 0.25) is 0 Å². The largest absolute Gasteiger partial charge is 0.339 e. The van der Waals surface area contributed by atoms with E-state index in [4.69, 9.17) is 0 Å². The topological polar surface area (TPSA) is 47.1 Å². The normalized spacial score (nSPS) is 24.7. The summed E-state index contributed by atoms with van der Waals surface area (Å²) in [4.78, 5) is 34.0. The lowest BCUT2D eigenvalue weighted by molar-refractivity contribution is -0.137. The zero-order chi connectivity index (χ0) is 19.9. The van der Waals surface area contributed by atoms with Crippen molar-refractivity contribution in [3.8, 4) is 0 Å². The van der Waals surface area contributed by atoms with Crippen LogP contribution < -0.4 is 0 Å². The van der Waals surface area contributed by atoms with Gasteiger partial charge < -0.3 is 9.80 Å². The van der Waals surface area contributed by atoms with Crippen molar-refractivity contribution in [1.82, 2.24) is 19.6 Å². The number of likely N-dealkylation sites (N-methyl/N-ethyl adjacent to an activating group) is 1. The summed E-state index contributed by atoms with van der Waals surface area (Å²) < 4.78 is 0. The van der Waals surface area contributed by atoms with E-state index in [1.165, 1.54) is 25.0 Å². The van der Waals surface area contributed by atoms with E-state index in [1.807, 2.05) is 4.90 Å². The second-order valence-electron chi connectivity index (χ2n) is 8.56. The van der Waals surface area contributed by atoms with E-state index in [1.54, 1.807) is 0 Å². The molecule has 3 aliphatic rings. The highest BCUT2D eigenvalue weighted by atomic mass is 16.2. The minimum Gasteiger partial charge on any atom is -0.339 e. The Hall–Kier alpha value is -1.40. The quantitative estimate of drug-likeness (QED) is 0.698. The first-order valence-electron chi connectivity index (χ1n) is 11.3. The van der Waals surface area contributed by atoms with Crippen LogP contribution >= 0.6 is 0 Å². The molecular formula is C22H38N4O2. The number of piperazine rings is 1. The minimum atomic E-state index is 0.224. The van der Waals surface area contributed by atoms with Crippen molar-refractivity contribution in [1.29, 1.82) is 0 Å². The van der Waals surface area contributed by atoms with Crippen molar-refractivity contribution in [2.45, 2.75) is 64.8 Å². The summed E-state index contributed by atoms with van der Waals surface area (Å²) in [7, 11) is 0. The first-order chi connectivity index (χ1) is 13.6. The molecule has 2 amide bonds. The van der Waals surface area contributed by atoms with Gasteiger partial charge in [0, 0.05) is 51.0 Å². The Kier molecular flexibility index (Phi) is 7.91. The molecule has 1 atom stereocenters. The summed E-state index contributed by atoms with van der Waals surface area (Å²) in [6, 6.07) is 0.384. The fourth-order valence-corrected chi connectivity index (χ4v) is 4.74. The highest BCUT2D eigenvalue weighted by Crippen LogP contribution is 2.21. The Labute approximate surface area is 170 Å². The van der Waals surface area contributed by atoms with Crippen molar-refractivity contribution in [2.75, 3.05) is 52.4 Å². The number of hydrogen-bond acceptors (Lipinski definition) is 4. The second kappa shape index (κ2) is 10.4. The minimum absolute atomic E-state index is 0.224. The Morgan fingerprint density at radius 1 is 1.00 bits per heavy atom. The Balaban J connectivity index is 1.42. The second-order valence-corrected chi connectivity index (χ2v) is 8.56. The molecule has 0 aromatic heterocycles.